The summed E-state index contributed by atoms with van der Waals surface area (Å²) >= 11 is 0. The van der Waals surface area contributed by atoms with Gasteiger partial charge < -0.3 is 4.90 Å². The van der Waals surface area contributed by atoms with E-state index in [4.69, 9.17) is 0 Å². The minimum absolute atomic E-state index is 0.236. The van der Waals surface area contributed by atoms with Crippen LogP contribution >= 0.6 is 0 Å². The molecule has 0 aliphatic carbocycles. The van der Waals surface area contributed by atoms with Crippen LogP contribution in [-0.4, -0.2) is 77.7 Å². The third-order valence-corrected chi connectivity index (χ3v) is 9.93. The Morgan fingerprint density at radius 2 is 1.11 bits per heavy atom. The minimum atomic E-state index is -7.82. The number of anilines is 1. The highest BCUT2D eigenvalue weighted by Crippen LogP contribution is 2.51. The molecule has 0 unspecified atom stereocenters. The fraction of sp³-hybridized carbons (Fsp3) is 0.571. The molecule has 0 spiro atoms. The summed E-state index contributed by atoms with van der Waals surface area (Å²) in [5, 5.41) is -14.3. The molecule has 1 fully saturated rings. The van der Waals surface area contributed by atoms with Gasteiger partial charge >= 0.3 is 32.0 Å². The number of nitrogens with zero attached hydrogens (tertiary/aromatic N) is 2. The Hall–Kier alpha value is -1.91. The van der Waals surface area contributed by atoms with E-state index < -0.39 is 92.4 Å². The fourth-order valence-corrected chi connectivity index (χ4v) is 6.65. The molecule has 2 rings (SSSR count). The molecule has 1 aliphatic rings. The third kappa shape index (κ3) is 4.96. The zero-order valence-electron chi connectivity index (χ0n) is 17.0. The standard InChI is InChI=1S/C14H13F10N3O6S3/c15-9-1-3-10(4-2-9)26-5-7-27(8-6-26)36(32,33)13(20,21)11(16,17)12(18,19)34(28,29)25-35(30,31)14(22,23)24/h1-4,25H,5-8H2. The van der Waals surface area contributed by atoms with Crippen LogP contribution in [0.4, 0.5) is 49.6 Å². The average Bonchev–Trinajstić information content (AvgIpc) is 2.72. The lowest BCUT2D eigenvalue weighted by atomic mass is 10.2. The predicted octanol–water partition coefficient (Wildman–Crippen LogP) is 1.87. The van der Waals surface area contributed by atoms with Crippen LogP contribution < -0.4 is 9.03 Å². The van der Waals surface area contributed by atoms with Crippen LogP contribution in [0.5, 0.6) is 0 Å². The normalized spacial score (nSPS) is 17.9. The lowest BCUT2D eigenvalue weighted by Crippen LogP contribution is -2.66. The zero-order valence-corrected chi connectivity index (χ0v) is 19.4. The molecule has 0 radical (unpaired) electrons. The van der Waals surface area contributed by atoms with Crippen molar-refractivity contribution >= 4 is 35.8 Å². The molecule has 1 aliphatic heterocycles. The van der Waals surface area contributed by atoms with Crippen molar-refractivity contribution in [1.29, 1.82) is 0 Å². The van der Waals surface area contributed by atoms with Gasteiger partial charge in [0, 0.05) is 31.9 Å². The number of piperazine rings is 1. The first-order valence-corrected chi connectivity index (χ1v) is 13.3. The highest BCUT2D eigenvalue weighted by molar-refractivity contribution is 8.05. The van der Waals surface area contributed by atoms with E-state index in [0.29, 0.717) is 0 Å². The maximum Gasteiger partial charge on any atom is 0.512 e. The van der Waals surface area contributed by atoms with E-state index in [2.05, 4.69) is 0 Å². The minimum Gasteiger partial charge on any atom is -0.369 e. The third-order valence-electron chi connectivity index (χ3n) is 4.69. The zero-order chi connectivity index (χ0) is 28.2. The van der Waals surface area contributed by atoms with Crippen LogP contribution in [-0.2, 0) is 30.1 Å². The van der Waals surface area contributed by atoms with Crippen molar-refractivity contribution in [1.82, 2.24) is 8.43 Å². The van der Waals surface area contributed by atoms with E-state index in [1.807, 2.05) is 0 Å². The van der Waals surface area contributed by atoms with Gasteiger partial charge in [0.1, 0.15) is 5.82 Å². The van der Waals surface area contributed by atoms with Gasteiger partial charge in [-0.1, -0.05) is 4.13 Å². The number of benzene rings is 1. The Kier molecular flexibility index (Phi) is 7.69. The van der Waals surface area contributed by atoms with E-state index in [0.717, 1.165) is 12.1 Å². The first-order chi connectivity index (χ1) is 15.9. The van der Waals surface area contributed by atoms with Gasteiger partial charge in [-0.05, 0) is 24.3 Å². The quantitative estimate of drug-likeness (QED) is 0.450. The molecule has 0 atom stereocenters. The summed E-state index contributed by atoms with van der Waals surface area (Å²) in [6.07, 6.45) is 0. The number of hydrogen-bond acceptors (Lipinski definition) is 7. The second-order valence-electron chi connectivity index (χ2n) is 7.01. The average molecular weight is 605 g/mol. The van der Waals surface area contributed by atoms with E-state index >= 15 is 0 Å². The predicted molar refractivity (Wildman–Crippen MR) is 101 cm³/mol. The van der Waals surface area contributed by atoms with Crippen molar-refractivity contribution in [2.24, 2.45) is 0 Å². The van der Waals surface area contributed by atoms with Crippen LogP contribution in [0, 0.1) is 5.82 Å². The molecule has 36 heavy (non-hydrogen) atoms. The van der Waals surface area contributed by atoms with Crippen molar-refractivity contribution in [2.45, 2.75) is 21.9 Å². The molecule has 1 saturated heterocycles. The van der Waals surface area contributed by atoms with Gasteiger partial charge in [-0.2, -0.15) is 43.8 Å². The second-order valence-corrected chi connectivity index (χ2v) is 12.6. The van der Waals surface area contributed by atoms with Gasteiger partial charge in [-0.25, -0.2) is 29.6 Å². The summed E-state index contributed by atoms with van der Waals surface area (Å²) in [6.45, 7) is -3.09. The van der Waals surface area contributed by atoms with Gasteiger partial charge in [0.15, 0.2) is 0 Å². The maximum absolute atomic E-state index is 14.3. The van der Waals surface area contributed by atoms with Gasteiger partial charge in [-0.15, -0.1) is 0 Å². The SMILES string of the molecule is O=S(=O)(NS(=O)(=O)C(F)(F)C(F)(F)C(F)(F)S(=O)(=O)N1CCN(c2ccc(F)cc2)CC1)C(F)(F)F. The number of sulfonamides is 3. The Balaban J connectivity index is 2.35. The van der Waals surface area contributed by atoms with Crippen LogP contribution in [0.15, 0.2) is 24.3 Å². The summed E-state index contributed by atoms with van der Waals surface area (Å²) in [7, 11) is -22.0. The first kappa shape index (κ1) is 30.3. The maximum atomic E-state index is 14.3. The van der Waals surface area contributed by atoms with Crippen molar-refractivity contribution in [3.05, 3.63) is 30.1 Å². The number of alkyl halides is 9. The fourth-order valence-electron chi connectivity index (χ4n) is 2.74. The van der Waals surface area contributed by atoms with Crippen molar-refractivity contribution in [3.8, 4) is 0 Å². The highest BCUT2D eigenvalue weighted by atomic mass is 32.3. The smallest absolute Gasteiger partial charge is 0.369 e. The Morgan fingerprint density at radius 1 is 0.667 bits per heavy atom. The van der Waals surface area contributed by atoms with E-state index in [9.17, 15) is 69.2 Å². The Labute approximate surface area is 196 Å². The molecule has 22 heteroatoms. The van der Waals surface area contributed by atoms with Crippen molar-refractivity contribution in [3.63, 3.8) is 0 Å². The molecular formula is C14H13F10N3O6S3. The van der Waals surface area contributed by atoms with Gasteiger partial charge in [0.25, 0.3) is 20.0 Å². The molecular weight excluding hydrogens is 592 g/mol. The monoisotopic (exact) mass is 605 g/mol. The molecule has 0 aromatic heterocycles. The van der Waals surface area contributed by atoms with Gasteiger partial charge in [0.2, 0.25) is 0 Å². The molecule has 0 amide bonds. The Morgan fingerprint density at radius 3 is 1.53 bits per heavy atom. The van der Waals surface area contributed by atoms with E-state index in [1.54, 1.807) is 0 Å². The molecule has 0 bridgehead atoms. The van der Waals surface area contributed by atoms with E-state index in [-0.39, 0.29) is 5.69 Å². The number of halogens is 10. The largest absolute Gasteiger partial charge is 0.512 e. The molecule has 1 aromatic carbocycles. The lowest BCUT2D eigenvalue weighted by molar-refractivity contribution is -0.245. The summed E-state index contributed by atoms with van der Waals surface area (Å²) in [5.74, 6) is -8.14. The van der Waals surface area contributed by atoms with Crippen molar-refractivity contribution < 1.29 is 69.2 Å². The lowest BCUT2D eigenvalue weighted by Gasteiger charge is -2.39. The van der Waals surface area contributed by atoms with Crippen LogP contribution in [0.25, 0.3) is 0 Å². The first-order valence-electron chi connectivity index (χ1n) is 8.90. The van der Waals surface area contributed by atoms with Crippen LogP contribution in [0.1, 0.15) is 0 Å². The summed E-state index contributed by atoms with van der Waals surface area (Å²) < 4.78 is 202. The molecule has 9 nitrogen and oxygen atoms in total. The van der Waals surface area contributed by atoms with E-state index in [1.165, 1.54) is 17.0 Å². The number of hydrogen-bond donors (Lipinski definition) is 1. The topological polar surface area (TPSA) is 121 Å². The summed E-state index contributed by atoms with van der Waals surface area (Å²) in [4.78, 5) is 1.27. The second kappa shape index (κ2) is 9.13. The van der Waals surface area contributed by atoms with Gasteiger partial charge in [0.05, 0.1) is 0 Å². The Bertz CT molecular complexity index is 1290. The summed E-state index contributed by atoms with van der Waals surface area (Å²) in [5.41, 5.74) is -6.41. The number of nitrogens with one attached hydrogen (secondary N) is 1. The van der Waals surface area contributed by atoms with Crippen LogP contribution in [0.3, 0.4) is 0 Å². The molecule has 1 N–H and O–H groups in total. The molecule has 0 saturated carbocycles. The van der Waals surface area contributed by atoms with Crippen molar-refractivity contribution in [2.75, 3.05) is 31.1 Å². The summed E-state index contributed by atoms with van der Waals surface area (Å²) in [6, 6.07) is 4.33. The number of rotatable bonds is 8. The van der Waals surface area contributed by atoms with Crippen LogP contribution in [0.2, 0.25) is 0 Å². The molecule has 208 valence electrons. The van der Waals surface area contributed by atoms with Gasteiger partial charge in [-0.3, -0.25) is 0 Å². The molecule has 1 aromatic rings. The molecule has 1 heterocycles. The highest BCUT2D eigenvalue weighted by Gasteiger charge is 2.83.